The van der Waals surface area contributed by atoms with Gasteiger partial charge in [-0.2, -0.15) is 4.72 Å². The first kappa shape index (κ1) is 14.9. The summed E-state index contributed by atoms with van der Waals surface area (Å²) in [6.07, 6.45) is 1.41. The van der Waals surface area contributed by atoms with E-state index in [1.165, 1.54) is 12.1 Å². The van der Waals surface area contributed by atoms with Crippen LogP contribution in [0.4, 0.5) is 0 Å². The maximum atomic E-state index is 12.0. The van der Waals surface area contributed by atoms with Crippen molar-refractivity contribution in [2.75, 3.05) is 0 Å². The van der Waals surface area contributed by atoms with E-state index in [4.69, 9.17) is 5.11 Å². The van der Waals surface area contributed by atoms with Crippen molar-refractivity contribution in [3.63, 3.8) is 0 Å². The highest BCUT2D eigenvalue weighted by Gasteiger charge is 2.25. The molecule has 0 amide bonds. The normalized spacial score (nSPS) is 13.2. The first-order chi connectivity index (χ1) is 8.27. The van der Waals surface area contributed by atoms with Gasteiger partial charge in [0.25, 0.3) is 10.0 Å². The second kappa shape index (κ2) is 5.64. The number of nitrogens with one attached hydrogen (secondary N) is 1. The molecule has 0 fully saturated rings. The molecule has 0 aliphatic carbocycles. The van der Waals surface area contributed by atoms with E-state index >= 15 is 0 Å². The predicted octanol–water partition coefficient (Wildman–Crippen LogP) is 1.67. The lowest BCUT2D eigenvalue weighted by Crippen LogP contribution is -2.40. The van der Waals surface area contributed by atoms with Gasteiger partial charge in [0, 0.05) is 4.88 Å². The van der Waals surface area contributed by atoms with E-state index < -0.39 is 22.0 Å². The minimum absolute atomic E-state index is 0.0396. The second-order valence-electron chi connectivity index (χ2n) is 3.84. The van der Waals surface area contributed by atoms with Gasteiger partial charge < -0.3 is 5.11 Å². The van der Waals surface area contributed by atoms with Crippen LogP contribution in [-0.2, 0) is 14.8 Å². The van der Waals surface area contributed by atoms with Crippen molar-refractivity contribution in [2.45, 2.75) is 30.5 Å². The van der Waals surface area contributed by atoms with Gasteiger partial charge in [-0.05, 0) is 31.9 Å². The van der Waals surface area contributed by atoms with Gasteiger partial charge >= 0.3 is 5.97 Å². The summed E-state index contributed by atoms with van der Waals surface area (Å²) in [6, 6.07) is 0.352. The summed E-state index contributed by atoms with van der Waals surface area (Å²) in [5.41, 5.74) is 0.871. The van der Waals surface area contributed by atoms with Crippen LogP contribution >= 0.6 is 11.3 Å². The molecule has 1 heterocycles. The molecule has 2 N–H and O–H groups in total. The summed E-state index contributed by atoms with van der Waals surface area (Å²) >= 11 is 1.12. The predicted molar refractivity (Wildman–Crippen MR) is 70.4 cm³/mol. The van der Waals surface area contributed by atoms with Crippen molar-refractivity contribution in [1.82, 2.24) is 4.72 Å². The zero-order valence-electron chi connectivity index (χ0n) is 10.1. The first-order valence-electron chi connectivity index (χ1n) is 5.21. The SMILES string of the molecule is C=CCC(NS(=O)(=O)c1cc(C)c(C)s1)C(=O)O. The Bertz CT molecular complexity index is 540. The van der Waals surface area contributed by atoms with Gasteiger partial charge in [0.15, 0.2) is 0 Å². The molecule has 1 aromatic heterocycles. The molecule has 0 radical (unpaired) electrons. The van der Waals surface area contributed by atoms with Crippen molar-refractivity contribution in [2.24, 2.45) is 0 Å². The number of aryl methyl sites for hydroxylation is 2. The molecule has 0 aliphatic heterocycles. The molecule has 0 saturated carbocycles. The molecule has 0 bridgehead atoms. The summed E-state index contributed by atoms with van der Waals surface area (Å²) < 4.78 is 26.3. The highest BCUT2D eigenvalue weighted by Crippen LogP contribution is 2.25. The molecule has 0 aliphatic rings. The Balaban J connectivity index is 3.00. The number of sulfonamides is 1. The van der Waals surface area contributed by atoms with Crippen molar-refractivity contribution in [3.05, 3.63) is 29.2 Å². The fourth-order valence-corrected chi connectivity index (χ4v) is 4.02. The Morgan fingerprint density at radius 1 is 1.61 bits per heavy atom. The van der Waals surface area contributed by atoms with Gasteiger partial charge in [-0.25, -0.2) is 8.42 Å². The highest BCUT2D eigenvalue weighted by atomic mass is 32.2. The van der Waals surface area contributed by atoms with E-state index in [9.17, 15) is 13.2 Å². The largest absolute Gasteiger partial charge is 0.480 e. The molecule has 0 spiro atoms. The molecule has 1 unspecified atom stereocenters. The van der Waals surface area contributed by atoms with E-state index in [-0.39, 0.29) is 10.6 Å². The van der Waals surface area contributed by atoms with Crippen molar-refractivity contribution < 1.29 is 18.3 Å². The first-order valence-corrected chi connectivity index (χ1v) is 7.51. The van der Waals surface area contributed by atoms with Crippen LogP contribution in [-0.4, -0.2) is 25.5 Å². The monoisotopic (exact) mass is 289 g/mol. The van der Waals surface area contributed by atoms with Crippen LogP contribution in [0.5, 0.6) is 0 Å². The lowest BCUT2D eigenvalue weighted by Gasteiger charge is -2.11. The lowest BCUT2D eigenvalue weighted by molar-refractivity contribution is -0.138. The Hall–Kier alpha value is -1.18. The molecule has 7 heteroatoms. The number of hydrogen-bond donors (Lipinski definition) is 2. The van der Waals surface area contributed by atoms with Crippen molar-refractivity contribution in [3.8, 4) is 0 Å². The van der Waals surface area contributed by atoms with E-state index in [1.54, 1.807) is 0 Å². The van der Waals surface area contributed by atoms with Crippen LogP contribution in [0.2, 0.25) is 0 Å². The Kier molecular flexibility index (Phi) is 4.66. The molecule has 1 aromatic rings. The molecule has 1 rings (SSSR count). The quantitative estimate of drug-likeness (QED) is 0.780. The number of carbonyl (C=O) groups is 1. The number of carboxylic acid groups (broad SMARTS) is 1. The maximum Gasteiger partial charge on any atom is 0.322 e. The summed E-state index contributed by atoms with van der Waals surface area (Å²) in [5.74, 6) is -1.22. The van der Waals surface area contributed by atoms with Crippen molar-refractivity contribution in [1.29, 1.82) is 0 Å². The zero-order chi connectivity index (χ0) is 13.9. The Morgan fingerprint density at radius 3 is 2.61 bits per heavy atom. The number of carboxylic acids is 1. The van der Waals surface area contributed by atoms with Crippen molar-refractivity contribution >= 4 is 27.3 Å². The molecular weight excluding hydrogens is 274 g/mol. The fourth-order valence-electron chi connectivity index (χ4n) is 1.28. The number of rotatable bonds is 6. The van der Waals surface area contributed by atoms with E-state index in [0.29, 0.717) is 0 Å². The summed E-state index contributed by atoms with van der Waals surface area (Å²) in [6.45, 7) is 7.03. The number of aliphatic carboxylic acids is 1. The highest BCUT2D eigenvalue weighted by molar-refractivity contribution is 7.91. The topological polar surface area (TPSA) is 83.5 Å². The molecule has 100 valence electrons. The summed E-state index contributed by atoms with van der Waals surface area (Å²) in [7, 11) is -3.79. The minimum atomic E-state index is -3.79. The van der Waals surface area contributed by atoms with Gasteiger partial charge in [-0.3, -0.25) is 4.79 Å². The average molecular weight is 289 g/mol. The third-order valence-electron chi connectivity index (χ3n) is 2.41. The Labute approximate surface area is 110 Å². The van der Waals surface area contributed by atoms with Gasteiger partial charge in [-0.15, -0.1) is 17.9 Å². The standard InChI is InChI=1S/C11H15NO4S2/c1-4-5-9(11(13)14)12-18(15,16)10-6-7(2)8(3)17-10/h4,6,9,12H,1,5H2,2-3H3,(H,13,14). The van der Waals surface area contributed by atoms with Crippen LogP contribution in [0.15, 0.2) is 22.9 Å². The van der Waals surface area contributed by atoms with Crippen LogP contribution in [0.25, 0.3) is 0 Å². The van der Waals surface area contributed by atoms with Crippen LogP contribution in [0.1, 0.15) is 16.9 Å². The van der Waals surface area contributed by atoms with Crippen LogP contribution < -0.4 is 4.72 Å². The van der Waals surface area contributed by atoms with Crippen LogP contribution in [0.3, 0.4) is 0 Å². The maximum absolute atomic E-state index is 12.0. The molecule has 0 aromatic carbocycles. The second-order valence-corrected chi connectivity index (χ2v) is 7.04. The molecule has 1 atom stereocenters. The minimum Gasteiger partial charge on any atom is -0.480 e. The van der Waals surface area contributed by atoms with Gasteiger partial charge in [0.2, 0.25) is 0 Å². The zero-order valence-corrected chi connectivity index (χ0v) is 11.8. The third-order valence-corrected chi connectivity index (χ3v) is 5.50. The van der Waals surface area contributed by atoms with Crippen LogP contribution in [0, 0.1) is 13.8 Å². The van der Waals surface area contributed by atoms with Gasteiger partial charge in [0.1, 0.15) is 10.3 Å². The summed E-state index contributed by atoms with van der Waals surface area (Å²) in [5, 5.41) is 8.90. The van der Waals surface area contributed by atoms with E-state index in [1.807, 2.05) is 13.8 Å². The average Bonchev–Trinajstić information content (AvgIpc) is 2.59. The smallest absolute Gasteiger partial charge is 0.322 e. The number of thiophene rings is 1. The van der Waals surface area contributed by atoms with E-state index in [0.717, 1.165) is 21.8 Å². The number of hydrogen-bond acceptors (Lipinski definition) is 4. The third kappa shape index (κ3) is 3.41. The fraction of sp³-hybridized carbons (Fsp3) is 0.364. The molecule has 5 nitrogen and oxygen atoms in total. The lowest BCUT2D eigenvalue weighted by atomic mass is 10.2. The van der Waals surface area contributed by atoms with Gasteiger partial charge in [0.05, 0.1) is 0 Å². The molecule has 0 saturated heterocycles. The molecule has 18 heavy (non-hydrogen) atoms. The molecular formula is C11H15NO4S2. The van der Waals surface area contributed by atoms with E-state index in [2.05, 4.69) is 11.3 Å². The Morgan fingerprint density at radius 2 is 2.22 bits per heavy atom. The van der Waals surface area contributed by atoms with Gasteiger partial charge in [-0.1, -0.05) is 6.08 Å². The summed E-state index contributed by atoms with van der Waals surface area (Å²) in [4.78, 5) is 11.8.